The molecule has 2 aliphatic heterocycles. The molecule has 2 heterocycles. The van der Waals surface area contributed by atoms with Crippen molar-refractivity contribution in [2.24, 2.45) is 0 Å². The SMILES string of the molecule is CCCCCC/C=C\CCCCCCCCCC(=O)OCC1OC(OC2C(O)C(O)C(O)C(OC3OC(CO)C(O)C(O)C3O)C2OP(=O)(O)OCC(COC(=O)CCCCC/C=C\CCCCCCCC)OC(=O)CCCCCCCCCCCCC)C(O)C(O)C1O. The largest absolute Gasteiger partial charge is 0.472 e. The monoisotopic (exact) mass is 1370 g/mol. The summed E-state index contributed by atoms with van der Waals surface area (Å²) in [5.74, 6) is -2.01. The molecular formula is C69H125O24P. The number of allylic oxidation sites excluding steroid dienone is 4. The molecule has 3 rings (SSSR count). The minimum absolute atomic E-state index is 0.0230. The number of phosphoric acid groups is 1. The van der Waals surface area contributed by atoms with E-state index in [-0.39, 0.29) is 19.3 Å². The summed E-state index contributed by atoms with van der Waals surface area (Å²) in [6, 6.07) is 0. The van der Waals surface area contributed by atoms with Gasteiger partial charge < -0.3 is 89.1 Å². The van der Waals surface area contributed by atoms with Gasteiger partial charge in [-0.25, -0.2) is 4.57 Å². The molecule has 25 heteroatoms. The molecule has 0 amide bonds. The van der Waals surface area contributed by atoms with Gasteiger partial charge in [0.05, 0.1) is 13.2 Å². The van der Waals surface area contributed by atoms with Gasteiger partial charge in [-0.1, -0.05) is 199 Å². The first-order valence-electron chi connectivity index (χ1n) is 36.1. The van der Waals surface area contributed by atoms with Crippen LogP contribution < -0.4 is 0 Å². The van der Waals surface area contributed by atoms with Gasteiger partial charge in [-0.2, -0.15) is 0 Å². The van der Waals surface area contributed by atoms with Crippen LogP contribution in [0.25, 0.3) is 0 Å². The number of phosphoric ester groups is 1. The molecule has 0 bridgehead atoms. The van der Waals surface area contributed by atoms with E-state index in [1.54, 1.807) is 0 Å². The van der Waals surface area contributed by atoms with Crippen LogP contribution in [0.5, 0.6) is 0 Å². The maximum atomic E-state index is 14.3. The molecule has 18 unspecified atom stereocenters. The lowest BCUT2D eigenvalue weighted by atomic mass is 9.84. The van der Waals surface area contributed by atoms with Gasteiger partial charge in [0, 0.05) is 19.3 Å². The zero-order valence-corrected chi connectivity index (χ0v) is 57.9. The Bertz CT molecular complexity index is 2050. The number of aliphatic hydroxyl groups excluding tert-OH is 10. The van der Waals surface area contributed by atoms with Crippen LogP contribution >= 0.6 is 7.82 Å². The third-order valence-corrected chi connectivity index (χ3v) is 18.7. The fourth-order valence-corrected chi connectivity index (χ4v) is 12.7. The zero-order chi connectivity index (χ0) is 68.9. The minimum atomic E-state index is -5.69. The summed E-state index contributed by atoms with van der Waals surface area (Å²) >= 11 is 0. The highest BCUT2D eigenvalue weighted by atomic mass is 31.2. The molecule has 3 aliphatic rings. The number of aliphatic hydroxyl groups is 10. The van der Waals surface area contributed by atoms with Crippen molar-refractivity contribution < 1.29 is 117 Å². The van der Waals surface area contributed by atoms with Crippen molar-refractivity contribution in [3.05, 3.63) is 24.3 Å². The number of esters is 3. The Morgan fingerprint density at radius 3 is 1.17 bits per heavy atom. The number of unbranched alkanes of at least 4 members (excludes halogenated alkanes) is 30. The third kappa shape index (κ3) is 35.0. The number of ether oxygens (including phenoxy) is 7. The normalized spacial score (nSPS) is 28.4. The predicted molar refractivity (Wildman–Crippen MR) is 351 cm³/mol. The van der Waals surface area contributed by atoms with Crippen molar-refractivity contribution >= 4 is 25.7 Å². The topological polar surface area (TPSA) is 374 Å². The van der Waals surface area contributed by atoms with Crippen LogP contribution in [0.1, 0.15) is 265 Å². The fraction of sp³-hybridized carbons (Fsp3) is 0.899. The summed E-state index contributed by atoms with van der Waals surface area (Å²) in [5, 5.41) is 110. The summed E-state index contributed by atoms with van der Waals surface area (Å²) in [7, 11) is -5.69. The lowest BCUT2D eigenvalue weighted by Gasteiger charge is -2.49. The molecule has 2 saturated heterocycles. The Balaban J connectivity index is 1.75. The summed E-state index contributed by atoms with van der Waals surface area (Å²) in [6.45, 7) is 3.37. The Labute approximate surface area is 560 Å². The van der Waals surface area contributed by atoms with Crippen LogP contribution in [0.4, 0.5) is 0 Å². The van der Waals surface area contributed by atoms with Crippen LogP contribution in [0.15, 0.2) is 24.3 Å². The molecular weight excluding hydrogens is 1240 g/mol. The maximum Gasteiger partial charge on any atom is 0.472 e. The van der Waals surface area contributed by atoms with Gasteiger partial charge in [-0.15, -0.1) is 0 Å². The zero-order valence-electron chi connectivity index (χ0n) is 57.0. The van der Waals surface area contributed by atoms with E-state index in [9.17, 15) is 74.9 Å². The van der Waals surface area contributed by atoms with Crippen LogP contribution in [0, 0.1) is 0 Å². The Morgan fingerprint density at radius 1 is 0.404 bits per heavy atom. The van der Waals surface area contributed by atoms with Crippen LogP contribution in [0.2, 0.25) is 0 Å². The van der Waals surface area contributed by atoms with Crippen molar-refractivity contribution in [2.75, 3.05) is 26.4 Å². The van der Waals surface area contributed by atoms with Crippen molar-refractivity contribution in [2.45, 2.75) is 369 Å². The first-order valence-corrected chi connectivity index (χ1v) is 37.6. The molecule has 94 heavy (non-hydrogen) atoms. The second-order valence-electron chi connectivity index (χ2n) is 25.9. The van der Waals surface area contributed by atoms with Gasteiger partial charge in [-0.05, 0) is 70.6 Å². The lowest BCUT2D eigenvalue weighted by molar-refractivity contribution is -0.360. The minimum Gasteiger partial charge on any atom is -0.463 e. The van der Waals surface area contributed by atoms with Crippen molar-refractivity contribution in [3.8, 4) is 0 Å². The molecule has 0 spiro atoms. The highest BCUT2D eigenvalue weighted by Crippen LogP contribution is 2.49. The maximum absolute atomic E-state index is 14.3. The lowest BCUT2D eigenvalue weighted by Crippen LogP contribution is -2.69. The molecule has 0 aromatic rings. The molecule has 11 N–H and O–H groups in total. The van der Waals surface area contributed by atoms with E-state index in [1.165, 1.54) is 89.9 Å². The van der Waals surface area contributed by atoms with Crippen molar-refractivity contribution in [1.82, 2.24) is 0 Å². The third-order valence-electron chi connectivity index (χ3n) is 17.7. The van der Waals surface area contributed by atoms with Gasteiger partial charge in [0.15, 0.2) is 18.7 Å². The van der Waals surface area contributed by atoms with E-state index in [1.807, 2.05) is 0 Å². The molecule has 24 nitrogen and oxygen atoms in total. The summed E-state index contributed by atoms with van der Waals surface area (Å²) < 4.78 is 64.8. The molecule has 0 radical (unpaired) electrons. The smallest absolute Gasteiger partial charge is 0.463 e. The summed E-state index contributed by atoms with van der Waals surface area (Å²) in [5.41, 5.74) is 0. The van der Waals surface area contributed by atoms with Crippen molar-refractivity contribution in [3.63, 3.8) is 0 Å². The van der Waals surface area contributed by atoms with Crippen LogP contribution in [-0.2, 0) is 61.2 Å². The highest BCUT2D eigenvalue weighted by Gasteiger charge is 2.58. The first-order chi connectivity index (χ1) is 45.3. The van der Waals surface area contributed by atoms with E-state index in [0.29, 0.717) is 19.3 Å². The standard InChI is InChI=1S/C69H125O24P/c1-4-7-10-13-16-19-22-24-25-27-30-32-35-38-41-44-54(72)86-49-52-57(75)59(77)64(82)69(90-52)92-66-62(80)60(78)61(79)65(91-68-63(81)58(76)56(74)51(46-70)89-68)67(66)93-94(83,84)87-48-50(88-55(73)45-42-39-36-33-28-21-18-15-12-9-6-3)47-85-53(71)43-40-37-34-31-29-26-23-20-17-14-11-8-5-2/h19,22,26,29,50-52,56-70,74-82H,4-18,20-21,23-25,27-28,30-49H2,1-3H3,(H,83,84)/b22-19-,29-26-. The number of rotatable bonds is 55. The van der Waals surface area contributed by atoms with E-state index >= 15 is 0 Å². The molecule has 550 valence electrons. The molecule has 1 aliphatic carbocycles. The fourth-order valence-electron chi connectivity index (χ4n) is 11.7. The number of carbonyl (C=O) groups excluding carboxylic acids is 3. The summed E-state index contributed by atoms with van der Waals surface area (Å²) in [4.78, 5) is 50.8. The van der Waals surface area contributed by atoms with E-state index in [0.717, 1.165) is 116 Å². The second kappa shape index (κ2) is 51.6. The van der Waals surface area contributed by atoms with E-state index in [4.69, 9.17) is 42.2 Å². The first kappa shape index (κ1) is 85.7. The van der Waals surface area contributed by atoms with Gasteiger partial charge in [0.2, 0.25) is 0 Å². The Kier molecular flexibility index (Phi) is 47.0. The van der Waals surface area contributed by atoms with Crippen LogP contribution in [-0.4, -0.2) is 204 Å². The number of carbonyl (C=O) groups is 3. The van der Waals surface area contributed by atoms with Gasteiger partial charge in [-0.3, -0.25) is 23.4 Å². The van der Waals surface area contributed by atoms with E-state index < -0.39 is 156 Å². The Morgan fingerprint density at radius 2 is 0.745 bits per heavy atom. The molecule has 0 aromatic carbocycles. The highest BCUT2D eigenvalue weighted by molar-refractivity contribution is 7.47. The van der Waals surface area contributed by atoms with E-state index in [2.05, 4.69) is 45.1 Å². The van der Waals surface area contributed by atoms with Gasteiger partial charge in [0.25, 0.3) is 0 Å². The van der Waals surface area contributed by atoms with Crippen LogP contribution in [0.3, 0.4) is 0 Å². The molecule has 1 saturated carbocycles. The average molecular weight is 1370 g/mol. The van der Waals surface area contributed by atoms with Gasteiger partial charge in [0.1, 0.15) is 98.7 Å². The summed E-state index contributed by atoms with van der Waals surface area (Å²) in [6.07, 6.45) is 9.87. The predicted octanol–water partition coefficient (Wildman–Crippen LogP) is 8.96. The van der Waals surface area contributed by atoms with Gasteiger partial charge >= 0.3 is 25.7 Å². The quantitative estimate of drug-likeness (QED) is 0.00889. The average Bonchev–Trinajstić information content (AvgIpc) is 0.768. The molecule has 0 aromatic heterocycles. The second-order valence-corrected chi connectivity index (χ2v) is 27.4. The van der Waals surface area contributed by atoms with Crippen molar-refractivity contribution in [1.29, 1.82) is 0 Å². The Hall–Kier alpha value is -2.56. The molecule has 3 fully saturated rings. The number of hydrogen-bond acceptors (Lipinski definition) is 23. The number of hydrogen-bond donors (Lipinski definition) is 11. The molecule has 18 atom stereocenters.